The van der Waals surface area contributed by atoms with Gasteiger partial charge in [0.05, 0.1) is 0 Å². The van der Waals surface area contributed by atoms with E-state index < -0.39 is 22.1 Å². The van der Waals surface area contributed by atoms with Crippen molar-refractivity contribution in [1.29, 1.82) is 0 Å². The Morgan fingerprint density at radius 1 is 1.38 bits per heavy atom. The Kier molecular flexibility index (Phi) is 5.99. The van der Waals surface area contributed by atoms with E-state index in [4.69, 9.17) is 0 Å². The summed E-state index contributed by atoms with van der Waals surface area (Å²) in [4.78, 5) is 0. The topological polar surface area (TPSA) is 32.3 Å². The van der Waals surface area contributed by atoms with Crippen molar-refractivity contribution in [2.45, 2.75) is 10.0 Å². The molecule has 0 aliphatic rings. The number of rotatable bonds is 5. The zero-order chi connectivity index (χ0) is 9.52. The van der Waals surface area contributed by atoms with Crippen molar-refractivity contribution in [3.63, 3.8) is 0 Å². The first kappa shape index (κ1) is 11.5. The molecule has 0 spiro atoms. The van der Waals surface area contributed by atoms with Gasteiger partial charge in [-0.1, -0.05) is 0 Å². The first-order valence-electron chi connectivity index (χ1n) is 4.36. The Balaban J connectivity index is 2.27. The molecule has 68 valence electrons. The molecule has 1 rings (SSSR count). The molecule has 1 unspecified atom stereocenters. The van der Waals surface area contributed by atoms with Crippen molar-refractivity contribution < 1.29 is 27.3 Å². The van der Waals surface area contributed by atoms with Crippen molar-refractivity contribution in [3.8, 4) is 0 Å². The molecule has 2 N–H and O–H groups in total. The fourth-order valence-corrected chi connectivity index (χ4v) is 7.43. The summed E-state index contributed by atoms with van der Waals surface area (Å²) in [6.07, 6.45) is -0.179. The molecule has 0 bridgehead atoms. The van der Waals surface area contributed by atoms with Crippen LogP contribution in [0.3, 0.4) is 0 Å². The summed E-state index contributed by atoms with van der Waals surface area (Å²) in [6.45, 7) is 0.662. The minimum absolute atomic E-state index is 0.179. The van der Waals surface area contributed by atoms with Crippen molar-refractivity contribution in [3.05, 3.63) is 30.3 Å². The Morgan fingerprint density at radius 2 is 2.08 bits per heavy atom. The quantitative estimate of drug-likeness (QED) is 0.703. The van der Waals surface area contributed by atoms with Gasteiger partial charge in [0.2, 0.25) is 0 Å². The second-order valence-electron chi connectivity index (χ2n) is 2.88. The zero-order valence-corrected chi connectivity index (χ0v) is 14.5. The zero-order valence-electron chi connectivity index (χ0n) is 7.41. The molecule has 0 fully saturated rings. The third-order valence-corrected chi connectivity index (χ3v) is 9.21. The summed E-state index contributed by atoms with van der Waals surface area (Å²) >= 11 is 2.67. The van der Waals surface area contributed by atoms with Crippen LogP contribution >= 0.6 is 11.9 Å². The second-order valence-corrected chi connectivity index (χ2v) is 13.6. The van der Waals surface area contributed by atoms with Crippen LogP contribution in [-0.2, 0) is 22.1 Å². The molecule has 1 aromatic carbocycles. The van der Waals surface area contributed by atoms with Gasteiger partial charge in [-0.25, -0.2) is 0 Å². The van der Waals surface area contributed by atoms with Crippen LogP contribution in [0.1, 0.15) is 0 Å². The monoisotopic (exact) mass is 431 g/mol. The summed E-state index contributed by atoms with van der Waals surface area (Å²) in [6, 6.07) is 9.96. The van der Waals surface area contributed by atoms with Gasteiger partial charge in [-0.3, -0.25) is 0 Å². The molecular formula is C9H12BrHgNO. The van der Waals surface area contributed by atoms with E-state index in [1.54, 1.807) is 0 Å². The number of aliphatic hydroxyl groups is 1. The van der Waals surface area contributed by atoms with Crippen LogP contribution in [0, 0.1) is 0 Å². The number of hydrogen-bond acceptors (Lipinski definition) is 2. The van der Waals surface area contributed by atoms with Crippen LogP contribution in [0.15, 0.2) is 30.3 Å². The Labute approximate surface area is 96.4 Å². The predicted molar refractivity (Wildman–Crippen MR) is 54.7 cm³/mol. The Hall–Kier alpha value is 0.395. The molecule has 13 heavy (non-hydrogen) atoms. The first-order chi connectivity index (χ1) is 6.33. The molecule has 1 atom stereocenters. The second kappa shape index (κ2) is 6.79. The Morgan fingerprint density at radius 3 is 2.69 bits per heavy atom. The van der Waals surface area contributed by atoms with E-state index in [1.165, 1.54) is 0 Å². The summed E-state index contributed by atoms with van der Waals surface area (Å²) < 4.78 is 1.000. The third-order valence-electron chi connectivity index (χ3n) is 1.76. The van der Waals surface area contributed by atoms with E-state index in [0.717, 1.165) is 9.62 Å². The predicted octanol–water partition coefficient (Wildman–Crippen LogP) is 2.27. The normalized spacial score (nSPS) is 11.8. The van der Waals surface area contributed by atoms with E-state index in [9.17, 15) is 5.11 Å². The van der Waals surface area contributed by atoms with Gasteiger partial charge in [-0.2, -0.15) is 0 Å². The van der Waals surface area contributed by atoms with Crippen LogP contribution in [0.2, 0.25) is 3.93 Å². The molecule has 0 aromatic heterocycles. The van der Waals surface area contributed by atoms with E-state index in [1.807, 2.05) is 30.3 Å². The molecule has 4 heteroatoms. The van der Waals surface area contributed by atoms with Crippen LogP contribution in [0.25, 0.3) is 0 Å². The third kappa shape index (κ3) is 4.98. The molecule has 0 saturated carbocycles. The molecule has 2 nitrogen and oxygen atoms in total. The molecule has 0 amide bonds. The number of hydrogen-bond donors (Lipinski definition) is 2. The van der Waals surface area contributed by atoms with E-state index in [-0.39, 0.29) is 6.10 Å². The van der Waals surface area contributed by atoms with Crippen molar-refractivity contribution in [2.24, 2.45) is 0 Å². The number of anilines is 1. The number of nitrogens with one attached hydrogen (secondary N) is 1. The number of halogens is 1. The van der Waals surface area contributed by atoms with Gasteiger partial charge in [0.15, 0.2) is 0 Å². The van der Waals surface area contributed by atoms with Gasteiger partial charge in [-0.15, -0.1) is 0 Å². The molecule has 0 aliphatic carbocycles. The van der Waals surface area contributed by atoms with Crippen LogP contribution < -0.4 is 5.32 Å². The van der Waals surface area contributed by atoms with Crippen molar-refractivity contribution >= 4 is 17.6 Å². The number of aliphatic hydroxyl groups excluding tert-OH is 1. The van der Waals surface area contributed by atoms with Gasteiger partial charge < -0.3 is 0 Å². The summed E-state index contributed by atoms with van der Waals surface area (Å²) in [5.74, 6) is 0. The molecule has 0 saturated heterocycles. The number of para-hydroxylation sites is 1. The molecule has 0 radical (unpaired) electrons. The van der Waals surface area contributed by atoms with E-state index in [2.05, 4.69) is 17.2 Å². The van der Waals surface area contributed by atoms with Gasteiger partial charge in [0.25, 0.3) is 0 Å². The summed E-state index contributed by atoms with van der Waals surface area (Å²) in [7, 11) is 0. The van der Waals surface area contributed by atoms with Crippen molar-refractivity contribution in [2.75, 3.05) is 11.9 Å². The standard InChI is InChI=1S/C9H12NO.BrH.Hg/c1-8(11)7-10-9-5-3-2-4-6-9;;/h2-6,8,10-11H,1,7H2;1H;/q;;+1/p-1. The maximum absolute atomic E-state index is 9.47. The van der Waals surface area contributed by atoms with Crippen LogP contribution in [0.5, 0.6) is 0 Å². The van der Waals surface area contributed by atoms with Gasteiger partial charge in [0, 0.05) is 0 Å². The maximum atomic E-state index is 9.47. The summed E-state index contributed by atoms with van der Waals surface area (Å²) in [5, 5.41) is 12.7. The molecule has 1 aromatic rings. The Bertz CT molecular complexity index is 232. The van der Waals surface area contributed by atoms with Crippen molar-refractivity contribution in [1.82, 2.24) is 0 Å². The van der Waals surface area contributed by atoms with E-state index in [0.29, 0.717) is 6.54 Å². The first-order valence-corrected chi connectivity index (χ1v) is 20.2. The minimum atomic E-state index is -0.841. The average Bonchev–Trinajstić information content (AvgIpc) is 2.17. The SMILES string of the molecule is OC(CNc1ccccc1)[CH2][Hg][Br]. The van der Waals surface area contributed by atoms with E-state index >= 15 is 0 Å². The van der Waals surface area contributed by atoms with Gasteiger partial charge in [0.1, 0.15) is 0 Å². The van der Waals surface area contributed by atoms with Crippen LogP contribution in [0.4, 0.5) is 5.69 Å². The molecular weight excluding hydrogens is 419 g/mol. The van der Waals surface area contributed by atoms with Gasteiger partial charge in [-0.05, 0) is 0 Å². The molecule has 0 heterocycles. The van der Waals surface area contributed by atoms with Gasteiger partial charge >= 0.3 is 97.1 Å². The number of benzene rings is 1. The fourth-order valence-electron chi connectivity index (χ4n) is 1.02. The van der Waals surface area contributed by atoms with Crippen LogP contribution in [-0.4, -0.2) is 17.8 Å². The average molecular weight is 431 g/mol. The fraction of sp³-hybridized carbons (Fsp3) is 0.333. The molecule has 0 aliphatic heterocycles. The summed E-state index contributed by atoms with van der Waals surface area (Å²) in [5.41, 5.74) is 1.08.